The van der Waals surface area contributed by atoms with Crippen LogP contribution in [0.4, 0.5) is 5.69 Å². The predicted octanol–water partition coefficient (Wildman–Crippen LogP) is 4.51. The number of carbonyl (C=O) groups is 1. The van der Waals surface area contributed by atoms with E-state index >= 15 is 0 Å². The molecule has 2 fully saturated rings. The molecule has 2 aliphatic rings. The van der Waals surface area contributed by atoms with Crippen LogP contribution in [-0.4, -0.2) is 36.5 Å². The summed E-state index contributed by atoms with van der Waals surface area (Å²) in [4.78, 5) is 16.5. The molecule has 0 aliphatic carbocycles. The number of likely N-dealkylation sites (tertiary alicyclic amines) is 1. The molecule has 2 aromatic rings. The fraction of sp³-hybridized carbons (Fsp3) is 0.435. The summed E-state index contributed by atoms with van der Waals surface area (Å²) in [6.07, 6.45) is 5.41. The van der Waals surface area contributed by atoms with Crippen LogP contribution in [0.5, 0.6) is 0 Å². The largest absolute Gasteiger partial charge is 0.312 e. The van der Waals surface area contributed by atoms with Crippen molar-refractivity contribution in [3.8, 4) is 11.1 Å². The molecule has 3 nitrogen and oxygen atoms in total. The maximum atomic E-state index is 11.9. The van der Waals surface area contributed by atoms with Gasteiger partial charge in [0.15, 0.2) is 0 Å². The van der Waals surface area contributed by atoms with E-state index in [2.05, 4.69) is 60.4 Å². The Bertz CT molecular complexity index is 768. The van der Waals surface area contributed by atoms with Gasteiger partial charge in [-0.2, -0.15) is 0 Å². The Balaban J connectivity index is 1.51. The number of amides is 1. The smallest absolute Gasteiger partial charge is 0.227 e. The van der Waals surface area contributed by atoms with Crippen molar-refractivity contribution in [2.45, 2.75) is 45.1 Å². The van der Waals surface area contributed by atoms with Crippen molar-refractivity contribution in [3.63, 3.8) is 0 Å². The summed E-state index contributed by atoms with van der Waals surface area (Å²) in [6.45, 7) is 5.57. The SMILES string of the molecule is C[C@@H]1CCCN1CCc1ccccc1-c1ccc(N2CCCC2=O)cc1. The van der Waals surface area contributed by atoms with Crippen LogP contribution in [0, 0.1) is 0 Å². The summed E-state index contributed by atoms with van der Waals surface area (Å²) in [5, 5.41) is 0. The summed E-state index contributed by atoms with van der Waals surface area (Å²) in [7, 11) is 0. The van der Waals surface area contributed by atoms with Crippen LogP contribution in [0.1, 0.15) is 38.2 Å². The lowest BCUT2D eigenvalue weighted by Crippen LogP contribution is -2.29. The van der Waals surface area contributed by atoms with Crippen molar-refractivity contribution in [2.75, 3.05) is 24.5 Å². The third kappa shape index (κ3) is 3.54. The highest BCUT2D eigenvalue weighted by atomic mass is 16.2. The number of anilines is 1. The summed E-state index contributed by atoms with van der Waals surface area (Å²) >= 11 is 0. The van der Waals surface area contributed by atoms with E-state index in [0.717, 1.165) is 37.7 Å². The van der Waals surface area contributed by atoms with Crippen LogP contribution in [0.15, 0.2) is 48.5 Å². The van der Waals surface area contributed by atoms with Gasteiger partial charge in [-0.15, -0.1) is 0 Å². The Labute approximate surface area is 156 Å². The normalized spacial score (nSPS) is 20.9. The molecule has 1 amide bonds. The van der Waals surface area contributed by atoms with Crippen LogP contribution in [0.25, 0.3) is 11.1 Å². The summed E-state index contributed by atoms with van der Waals surface area (Å²) in [6, 6.07) is 18.0. The topological polar surface area (TPSA) is 23.6 Å². The zero-order valence-electron chi connectivity index (χ0n) is 15.7. The van der Waals surface area contributed by atoms with E-state index in [1.807, 2.05) is 4.90 Å². The van der Waals surface area contributed by atoms with Crippen LogP contribution in [-0.2, 0) is 11.2 Å². The number of benzene rings is 2. The molecule has 0 aromatic heterocycles. The van der Waals surface area contributed by atoms with Gasteiger partial charge in [0.25, 0.3) is 0 Å². The molecule has 26 heavy (non-hydrogen) atoms. The van der Waals surface area contributed by atoms with Crippen LogP contribution in [0.3, 0.4) is 0 Å². The molecule has 2 heterocycles. The molecule has 0 bridgehead atoms. The second kappa shape index (κ2) is 7.63. The fourth-order valence-corrected chi connectivity index (χ4v) is 4.35. The van der Waals surface area contributed by atoms with Gasteiger partial charge in [0.1, 0.15) is 0 Å². The minimum atomic E-state index is 0.248. The second-order valence-electron chi connectivity index (χ2n) is 7.63. The van der Waals surface area contributed by atoms with E-state index < -0.39 is 0 Å². The molecule has 3 heteroatoms. The van der Waals surface area contributed by atoms with Gasteiger partial charge in [0.05, 0.1) is 0 Å². The lowest BCUT2D eigenvalue weighted by Gasteiger charge is -2.21. The predicted molar refractivity (Wildman–Crippen MR) is 107 cm³/mol. The van der Waals surface area contributed by atoms with Crippen molar-refractivity contribution >= 4 is 11.6 Å². The molecule has 1 atom stereocenters. The fourth-order valence-electron chi connectivity index (χ4n) is 4.35. The maximum absolute atomic E-state index is 11.9. The van der Waals surface area contributed by atoms with E-state index in [-0.39, 0.29) is 5.91 Å². The monoisotopic (exact) mass is 348 g/mol. The quantitative estimate of drug-likeness (QED) is 0.794. The molecule has 4 rings (SSSR count). The number of rotatable bonds is 5. The first-order chi connectivity index (χ1) is 12.7. The van der Waals surface area contributed by atoms with Crippen molar-refractivity contribution in [2.24, 2.45) is 0 Å². The summed E-state index contributed by atoms with van der Waals surface area (Å²) < 4.78 is 0. The number of carbonyl (C=O) groups excluding carboxylic acids is 1. The van der Waals surface area contributed by atoms with Gasteiger partial charge in [-0.05, 0) is 68.0 Å². The molecule has 0 unspecified atom stereocenters. The standard InChI is InChI=1S/C23H28N2O/c1-18-6-4-15-24(18)17-14-19-7-2-3-8-22(19)20-10-12-21(13-11-20)25-16-5-9-23(25)26/h2-3,7-8,10-13,18H,4-6,9,14-17H2,1H3/t18-/m1/s1. The lowest BCUT2D eigenvalue weighted by molar-refractivity contribution is -0.117. The van der Waals surface area contributed by atoms with Gasteiger partial charge in [0, 0.05) is 31.2 Å². The zero-order chi connectivity index (χ0) is 17.9. The van der Waals surface area contributed by atoms with E-state index in [1.165, 1.54) is 36.1 Å². The van der Waals surface area contributed by atoms with Gasteiger partial charge < -0.3 is 9.80 Å². The molecule has 0 radical (unpaired) electrons. The van der Waals surface area contributed by atoms with Crippen molar-refractivity contribution in [1.82, 2.24) is 4.90 Å². The Morgan fingerprint density at radius 3 is 2.50 bits per heavy atom. The van der Waals surface area contributed by atoms with Crippen molar-refractivity contribution < 1.29 is 4.79 Å². The lowest BCUT2D eigenvalue weighted by atomic mass is 9.97. The zero-order valence-corrected chi connectivity index (χ0v) is 15.7. The molecule has 2 aromatic carbocycles. The number of nitrogens with zero attached hydrogens (tertiary/aromatic N) is 2. The van der Waals surface area contributed by atoms with Crippen LogP contribution < -0.4 is 4.90 Å². The van der Waals surface area contributed by atoms with Gasteiger partial charge in [-0.1, -0.05) is 36.4 Å². The van der Waals surface area contributed by atoms with Crippen LogP contribution >= 0.6 is 0 Å². The third-order valence-corrected chi connectivity index (χ3v) is 5.94. The average molecular weight is 348 g/mol. The number of hydrogen-bond acceptors (Lipinski definition) is 2. The highest BCUT2D eigenvalue weighted by Crippen LogP contribution is 2.29. The van der Waals surface area contributed by atoms with E-state index in [9.17, 15) is 4.79 Å². The van der Waals surface area contributed by atoms with E-state index in [0.29, 0.717) is 6.42 Å². The van der Waals surface area contributed by atoms with Gasteiger partial charge in [0.2, 0.25) is 5.91 Å². The molecular weight excluding hydrogens is 320 g/mol. The molecule has 0 spiro atoms. The third-order valence-electron chi connectivity index (χ3n) is 5.94. The first-order valence-corrected chi connectivity index (χ1v) is 9.95. The Morgan fingerprint density at radius 1 is 1.00 bits per heavy atom. The van der Waals surface area contributed by atoms with Gasteiger partial charge >= 0.3 is 0 Å². The van der Waals surface area contributed by atoms with Crippen molar-refractivity contribution in [1.29, 1.82) is 0 Å². The highest BCUT2D eigenvalue weighted by molar-refractivity contribution is 5.95. The molecule has 0 saturated carbocycles. The minimum absolute atomic E-state index is 0.248. The second-order valence-corrected chi connectivity index (χ2v) is 7.63. The number of hydrogen-bond donors (Lipinski definition) is 0. The molecular formula is C23H28N2O. The first kappa shape index (κ1) is 17.3. The molecule has 0 N–H and O–H groups in total. The highest BCUT2D eigenvalue weighted by Gasteiger charge is 2.22. The molecule has 136 valence electrons. The van der Waals surface area contributed by atoms with E-state index in [1.54, 1.807) is 0 Å². The van der Waals surface area contributed by atoms with Crippen molar-refractivity contribution in [3.05, 3.63) is 54.1 Å². The van der Waals surface area contributed by atoms with E-state index in [4.69, 9.17) is 0 Å². The minimum Gasteiger partial charge on any atom is -0.312 e. The average Bonchev–Trinajstić information content (AvgIpc) is 3.28. The Hall–Kier alpha value is -2.13. The summed E-state index contributed by atoms with van der Waals surface area (Å²) in [5.41, 5.74) is 5.00. The Morgan fingerprint density at radius 2 is 1.81 bits per heavy atom. The summed E-state index contributed by atoms with van der Waals surface area (Å²) in [5.74, 6) is 0.248. The maximum Gasteiger partial charge on any atom is 0.227 e. The molecule has 2 aliphatic heterocycles. The van der Waals surface area contributed by atoms with Gasteiger partial charge in [-0.3, -0.25) is 4.79 Å². The van der Waals surface area contributed by atoms with Crippen LogP contribution in [0.2, 0.25) is 0 Å². The Kier molecular flexibility index (Phi) is 5.07. The first-order valence-electron chi connectivity index (χ1n) is 9.95. The molecule has 2 saturated heterocycles. The van der Waals surface area contributed by atoms with Gasteiger partial charge in [-0.25, -0.2) is 0 Å².